The van der Waals surface area contributed by atoms with E-state index in [0.717, 1.165) is 5.69 Å². The second kappa shape index (κ2) is 7.74. The van der Waals surface area contributed by atoms with Crippen molar-refractivity contribution in [2.24, 2.45) is 0 Å². The van der Waals surface area contributed by atoms with Crippen LogP contribution in [0.3, 0.4) is 0 Å². The fraction of sp³-hybridized carbons (Fsp3) is 0.500. The fourth-order valence-electron chi connectivity index (χ4n) is 2.96. The molecule has 2 heterocycles. The third-order valence-electron chi connectivity index (χ3n) is 4.59. The smallest absolute Gasteiger partial charge is 0.232 e. The zero-order valence-corrected chi connectivity index (χ0v) is 15.5. The number of hydrogen-bond acceptors (Lipinski definition) is 7. The van der Waals surface area contributed by atoms with Crippen molar-refractivity contribution in [2.75, 3.05) is 32.7 Å². The van der Waals surface area contributed by atoms with Gasteiger partial charge in [0.2, 0.25) is 11.8 Å². The molecule has 2 aromatic rings. The molecule has 1 fully saturated rings. The maximum absolute atomic E-state index is 12.5. The molecule has 1 amide bonds. The molecule has 8 nitrogen and oxygen atoms in total. The van der Waals surface area contributed by atoms with Gasteiger partial charge in [0.15, 0.2) is 5.82 Å². The molecule has 1 N–H and O–H groups in total. The largest absolute Gasteiger partial charge is 0.497 e. The highest BCUT2D eigenvalue weighted by atomic mass is 16.5. The number of aromatic nitrogens is 2. The number of ether oxygens (including phenoxy) is 2. The molecule has 8 heteroatoms. The molecule has 2 atom stereocenters. The summed E-state index contributed by atoms with van der Waals surface area (Å²) in [5.74, 6) is 2.32. The Kier molecular flexibility index (Phi) is 5.41. The molecular formula is C18H24N4O4. The number of nitrogens with zero attached hydrogens (tertiary/aromatic N) is 3. The van der Waals surface area contributed by atoms with Gasteiger partial charge in [-0.1, -0.05) is 5.16 Å². The van der Waals surface area contributed by atoms with E-state index in [2.05, 4.69) is 15.5 Å². The molecule has 3 rings (SSSR count). The molecular weight excluding hydrogens is 336 g/mol. The van der Waals surface area contributed by atoms with Gasteiger partial charge in [-0.25, -0.2) is 0 Å². The molecule has 0 spiro atoms. The van der Waals surface area contributed by atoms with Gasteiger partial charge in [0.1, 0.15) is 11.5 Å². The number of hydrogen-bond donors (Lipinski definition) is 1. The van der Waals surface area contributed by atoms with Gasteiger partial charge in [-0.05, 0) is 14.0 Å². The maximum atomic E-state index is 12.5. The predicted molar refractivity (Wildman–Crippen MR) is 95.8 cm³/mol. The summed E-state index contributed by atoms with van der Waals surface area (Å²) in [7, 11) is 5.06. The van der Waals surface area contributed by atoms with E-state index >= 15 is 0 Å². The Bertz CT molecular complexity index is 754. The Hall–Kier alpha value is -2.61. The van der Waals surface area contributed by atoms with Crippen LogP contribution in [0.4, 0.5) is 5.69 Å². The van der Waals surface area contributed by atoms with Crippen molar-refractivity contribution in [1.82, 2.24) is 15.5 Å². The van der Waals surface area contributed by atoms with Crippen LogP contribution in [0.25, 0.3) is 0 Å². The molecule has 1 aliphatic rings. The maximum Gasteiger partial charge on any atom is 0.232 e. The molecule has 1 saturated heterocycles. The van der Waals surface area contributed by atoms with Crippen molar-refractivity contribution in [2.45, 2.75) is 31.7 Å². The van der Waals surface area contributed by atoms with Crippen LogP contribution in [0.1, 0.15) is 31.0 Å². The first-order valence-electron chi connectivity index (χ1n) is 8.57. The Morgan fingerprint density at radius 3 is 2.62 bits per heavy atom. The van der Waals surface area contributed by atoms with Crippen molar-refractivity contribution in [3.8, 4) is 11.5 Å². The first-order chi connectivity index (χ1) is 12.5. The van der Waals surface area contributed by atoms with E-state index in [1.807, 2.05) is 26.1 Å². The number of carbonyl (C=O) groups is 1. The third-order valence-corrected chi connectivity index (χ3v) is 4.59. The Morgan fingerprint density at radius 1 is 1.31 bits per heavy atom. The highest BCUT2D eigenvalue weighted by Gasteiger charge is 2.35. The number of likely N-dealkylation sites (N-methyl/N-ethyl adjacent to an activating group) is 1. The summed E-state index contributed by atoms with van der Waals surface area (Å²) in [6.45, 7) is 2.53. The normalized spacial score (nSPS) is 18.2. The van der Waals surface area contributed by atoms with Gasteiger partial charge in [-0.2, -0.15) is 4.98 Å². The zero-order valence-electron chi connectivity index (χ0n) is 15.5. The van der Waals surface area contributed by atoms with Gasteiger partial charge in [0, 0.05) is 43.6 Å². The van der Waals surface area contributed by atoms with Crippen molar-refractivity contribution in [3.05, 3.63) is 29.9 Å². The molecule has 0 bridgehead atoms. The third kappa shape index (κ3) is 3.80. The van der Waals surface area contributed by atoms with E-state index in [1.54, 1.807) is 25.2 Å². The highest BCUT2D eigenvalue weighted by Crippen LogP contribution is 2.35. The van der Waals surface area contributed by atoms with Gasteiger partial charge < -0.3 is 24.2 Å². The minimum Gasteiger partial charge on any atom is -0.497 e. The van der Waals surface area contributed by atoms with E-state index in [0.29, 0.717) is 42.6 Å². The van der Waals surface area contributed by atoms with Crippen LogP contribution in [0, 0.1) is 0 Å². The molecule has 1 aliphatic heterocycles. The highest BCUT2D eigenvalue weighted by molar-refractivity contribution is 5.96. The zero-order chi connectivity index (χ0) is 18.7. The van der Waals surface area contributed by atoms with Crippen molar-refractivity contribution in [3.63, 3.8) is 0 Å². The summed E-state index contributed by atoms with van der Waals surface area (Å²) in [4.78, 5) is 18.7. The number of methoxy groups -OCH3 is 2. The first kappa shape index (κ1) is 18.2. The molecule has 26 heavy (non-hydrogen) atoms. The Morgan fingerprint density at radius 2 is 2.00 bits per heavy atom. The summed E-state index contributed by atoms with van der Waals surface area (Å²) >= 11 is 0. The molecule has 0 radical (unpaired) electrons. The standard InChI is InChI=1S/C18H24N4O4/c1-11(19-2)5-16-20-18(26-21-16)12-6-17(23)22(10-12)13-7-14(24-3)9-15(8-13)25-4/h7-9,11-12,19H,5-6,10H2,1-4H3. The second-order valence-corrected chi connectivity index (χ2v) is 6.42. The predicted octanol–water partition coefficient (Wildman–Crippen LogP) is 1.76. The van der Waals surface area contributed by atoms with E-state index in [1.165, 1.54) is 0 Å². The minimum atomic E-state index is -0.120. The van der Waals surface area contributed by atoms with Crippen molar-refractivity contribution >= 4 is 11.6 Å². The summed E-state index contributed by atoms with van der Waals surface area (Å²) in [5, 5.41) is 7.17. The van der Waals surface area contributed by atoms with Crippen molar-refractivity contribution < 1.29 is 18.8 Å². The van der Waals surface area contributed by atoms with E-state index in [4.69, 9.17) is 14.0 Å². The second-order valence-electron chi connectivity index (χ2n) is 6.42. The van der Waals surface area contributed by atoms with Crippen LogP contribution in [-0.2, 0) is 11.2 Å². The lowest BCUT2D eigenvalue weighted by atomic mass is 10.1. The van der Waals surface area contributed by atoms with Gasteiger partial charge in [0.05, 0.1) is 25.8 Å². The van der Waals surface area contributed by atoms with Crippen LogP contribution in [-0.4, -0.2) is 49.9 Å². The lowest BCUT2D eigenvalue weighted by molar-refractivity contribution is -0.117. The summed E-state index contributed by atoms with van der Waals surface area (Å²) in [5.41, 5.74) is 0.734. The van der Waals surface area contributed by atoms with Gasteiger partial charge >= 0.3 is 0 Å². The number of nitrogens with one attached hydrogen (secondary N) is 1. The number of benzene rings is 1. The minimum absolute atomic E-state index is 0.00801. The van der Waals surface area contributed by atoms with E-state index in [9.17, 15) is 4.79 Å². The number of amides is 1. The van der Waals surface area contributed by atoms with Crippen LogP contribution < -0.4 is 19.7 Å². The monoisotopic (exact) mass is 360 g/mol. The lowest BCUT2D eigenvalue weighted by Gasteiger charge is -2.18. The van der Waals surface area contributed by atoms with Gasteiger partial charge in [-0.15, -0.1) is 0 Å². The fourth-order valence-corrected chi connectivity index (χ4v) is 2.96. The summed E-state index contributed by atoms with van der Waals surface area (Å²) < 4.78 is 16.0. The van der Waals surface area contributed by atoms with Gasteiger partial charge in [0.25, 0.3) is 0 Å². The molecule has 0 saturated carbocycles. The SMILES string of the molecule is CNC(C)Cc1noc(C2CC(=O)N(c3cc(OC)cc(OC)c3)C2)n1. The van der Waals surface area contributed by atoms with Gasteiger partial charge in [-0.3, -0.25) is 4.79 Å². The molecule has 2 unspecified atom stereocenters. The molecule has 0 aliphatic carbocycles. The van der Waals surface area contributed by atoms with Crippen LogP contribution in [0.15, 0.2) is 22.7 Å². The van der Waals surface area contributed by atoms with Crippen LogP contribution >= 0.6 is 0 Å². The van der Waals surface area contributed by atoms with Crippen LogP contribution in [0.5, 0.6) is 11.5 Å². The number of carbonyl (C=O) groups excluding carboxylic acids is 1. The molecule has 140 valence electrons. The number of rotatable bonds is 7. The molecule has 1 aromatic carbocycles. The lowest BCUT2D eigenvalue weighted by Crippen LogP contribution is -2.24. The topological polar surface area (TPSA) is 89.7 Å². The average Bonchev–Trinajstić information content (AvgIpc) is 3.27. The molecule has 1 aromatic heterocycles. The van der Waals surface area contributed by atoms with Crippen molar-refractivity contribution in [1.29, 1.82) is 0 Å². The van der Waals surface area contributed by atoms with E-state index < -0.39 is 0 Å². The van der Waals surface area contributed by atoms with Crippen LogP contribution in [0.2, 0.25) is 0 Å². The first-order valence-corrected chi connectivity index (χ1v) is 8.57. The summed E-state index contributed by atoms with van der Waals surface area (Å²) in [6, 6.07) is 5.66. The summed E-state index contributed by atoms with van der Waals surface area (Å²) in [6.07, 6.45) is 1.01. The van der Waals surface area contributed by atoms with E-state index in [-0.39, 0.29) is 17.9 Å². The quantitative estimate of drug-likeness (QED) is 0.804. The Labute approximate surface area is 152 Å². The number of anilines is 1. The Balaban J connectivity index is 1.77. The average molecular weight is 360 g/mol.